The van der Waals surface area contributed by atoms with Crippen molar-refractivity contribution < 1.29 is 14.6 Å². The van der Waals surface area contributed by atoms with Gasteiger partial charge in [0.2, 0.25) is 5.43 Å². The van der Waals surface area contributed by atoms with Gasteiger partial charge in [0.25, 0.3) is 5.91 Å². The lowest BCUT2D eigenvalue weighted by molar-refractivity contribution is -0.123. The van der Waals surface area contributed by atoms with Gasteiger partial charge in [-0.1, -0.05) is 30.3 Å². The van der Waals surface area contributed by atoms with Crippen LogP contribution >= 0.6 is 0 Å². The molecule has 1 aromatic heterocycles. The zero-order valence-electron chi connectivity index (χ0n) is 11.3. The summed E-state index contributed by atoms with van der Waals surface area (Å²) in [5, 5.41) is 11.6. The first-order chi connectivity index (χ1) is 10.2. The molecule has 21 heavy (non-hydrogen) atoms. The number of ether oxygens (including phenoxy) is 1. The van der Waals surface area contributed by atoms with Crippen molar-refractivity contribution in [3.8, 4) is 5.75 Å². The Bertz CT molecular complexity index is 652. The van der Waals surface area contributed by atoms with Gasteiger partial charge in [0.15, 0.2) is 12.4 Å². The van der Waals surface area contributed by atoms with E-state index in [0.29, 0.717) is 12.2 Å². The fraction of sp³-hybridized carbons (Fsp3) is 0.200. The largest absolute Gasteiger partial charge is 0.478 e. The van der Waals surface area contributed by atoms with Gasteiger partial charge < -0.3 is 20.1 Å². The van der Waals surface area contributed by atoms with Crippen LogP contribution in [0.15, 0.2) is 47.4 Å². The van der Waals surface area contributed by atoms with Gasteiger partial charge in [-0.25, -0.2) is 0 Å². The lowest BCUT2D eigenvalue weighted by Gasteiger charge is -2.07. The maximum absolute atomic E-state index is 11.6. The molecule has 0 bridgehead atoms. The second kappa shape index (κ2) is 7.25. The van der Waals surface area contributed by atoms with E-state index in [4.69, 9.17) is 9.84 Å². The molecular formula is C15H16N2O4. The lowest BCUT2D eigenvalue weighted by atomic mass is 10.2. The molecule has 0 spiro atoms. The monoisotopic (exact) mass is 288 g/mol. The number of amides is 1. The van der Waals surface area contributed by atoms with Crippen LogP contribution in [-0.4, -0.2) is 22.6 Å². The normalized spacial score (nSPS) is 10.1. The predicted molar refractivity (Wildman–Crippen MR) is 76.8 cm³/mol. The third kappa shape index (κ3) is 4.47. The number of carbonyl (C=O) groups is 1. The maximum Gasteiger partial charge on any atom is 0.258 e. The van der Waals surface area contributed by atoms with Crippen molar-refractivity contribution in [2.45, 2.75) is 13.2 Å². The van der Waals surface area contributed by atoms with E-state index in [9.17, 15) is 9.59 Å². The number of pyridine rings is 1. The minimum atomic E-state index is -0.381. The minimum Gasteiger partial charge on any atom is -0.478 e. The van der Waals surface area contributed by atoms with Gasteiger partial charge in [-0.3, -0.25) is 9.59 Å². The van der Waals surface area contributed by atoms with Crippen LogP contribution in [0.4, 0.5) is 0 Å². The Morgan fingerprint density at radius 1 is 1.29 bits per heavy atom. The van der Waals surface area contributed by atoms with Gasteiger partial charge in [-0.05, 0) is 5.56 Å². The van der Waals surface area contributed by atoms with E-state index in [2.05, 4.69) is 10.3 Å². The number of carbonyl (C=O) groups excluding carboxylic acids is 1. The van der Waals surface area contributed by atoms with Crippen LogP contribution in [0.1, 0.15) is 11.3 Å². The molecule has 0 fully saturated rings. The molecule has 0 aliphatic heterocycles. The molecule has 0 aliphatic carbocycles. The van der Waals surface area contributed by atoms with Gasteiger partial charge in [0.05, 0.1) is 6.61 Å². The molecular weight excluding hydrogens is 272 g/mol. The van der Waals surface area contributed by atoms with Crippen LogP contribution in [-0.2, 0) is 17.9 Å². The summed E-state index contributed by atoms with van der Waals surface area (Å²) in [6, 6.07) is 10.7. The lowest BCUT2D eigenvalue weighted by Crippen LogP contribution is -2.29. The highest BCUT2D eigenvalue weighted by molar-refractivity contribution is 5.77. The molecule has 3 N–H and O–H groups in total. The number of aliphatic hydroxyl groups excluding tert-OH is 1. The Balaban J connectivity index is 1.83. The molecule has 6 nitrogen and oxygen atoms in total. The van der Waals surface area contributed by atoms with E-state index in [1.165, 1.54) is 12.3 Å². The fourth-order valence-corrected chi connectivity index (χ4v) is 1.70. The van der Waals surface area contributed by atoms with E-state index < -0.39 is 0 Å². The molecule has 0 atom stereocenters. The van der Waals surface area contributed by atoms with Crippen molar-refractivity contribution in [1.82, 2.24) is 10.3 Å². The van der Waals surface area contributed by atoms with Crippen LogP contribution in [0.25, 0.3) is 0 Å². The smallest absolute Gasteiger partial charge is 0.258 e. The second-order valence-corrected chi connectivity index (χ2v) is 4.40. The average molecular weight is 288 g/mol. The van der Waals surface area contributed by atoms with Crippen molar-refractivity contribution in [1.29, 1.82) is 0 Å². The number of rotatable bonds is 6. The molecule has 0 radical (unpaired) electrons. The Morgan fingerprint density at radius 3 is 2.71 bits per heavy atom. The van der Waals surface area contributed by atoms with Crippen LogP contribution < -0.4 is 15.5 Å². The number of hydrogen-bond donors (Lipinski definition) is 3. The Hall–Kier alpha value is -2.60. The predicted octanol–water partition coefficient (Wildman–Crippen LogP) is 0.562. The first-order valence-corrected chi connectivity index (χ1v) is 6.45. The standard InChI is InChI=1S/C15H16N2O4/c18-9-12-6-13(19)14(8-16-12)21-10-15(20)17-7-11-4-2-1-3-5-11/h1-6,8,18H,7,9-10H2,(H,16,19)(H,17,20). The van der Waals surface area contributed by atoms with Crippen molar-refractivity contribution in [2.75, 3.05) is 6.61 Å². The molecule has 1 heterocycles. The van der Waals surface area contributed by atoms with Crippen molar-refractivity contribution >= 4 is 5.91 Å². The topological polar surface area (TPSA) is 91.4 Å². The zero-order valence-corrected chi connectivity index (χ0v) is 11.3. The molecule has 6 heteroatoms. The van der Waals surface area contributed by atoms with Gasteiger partial charge in [-0.2, -0.15) is 0 Å². The molecule has 2 rings (SSSR count). The van der Waals surface area contributed by atoms with Crippen LogP contribution in [0.3, 0.4) is 0 Å². The average Bonchev–Trinajstić information content (AvgIpc) is 2.52. The molecule has 0 unspecified atom stereocenters. The Morgan fingerprint density at radius 2 is 2.05 bits per heavy atom. The summed E-state index contributed by atoms with van der Waals surface area (Å²) in [7, 11) is 0. The molecule has 1 aromatic carbocycles. The number of H-pyrrole nitrogens is 1. The number of hydrogen-bond acceptors (Lipinski definition) is 4. The van der Waals surface area contributed by atoms with E-state index in [1.54, 1.807) is 0 Å². The number of aromatic nitrogens is 1. The van der Waals surface area contributed by atoms with Crippen LogP contribution in [0.5, 0.6) is 5.75 Å². The Labute approximate surface area is 121 Å². The number of nitrogens with one attached hydrogen (secondary N) is 2. The van der Waals surface area contributed by atoms with Gasteiger partial charge in [-0.15, -0.1) is 0 Å². The summed E-state index contributed by atoms with van der Waals surface area (Å²) in [5.74, 6) is -0.272. The second-order valence-electron chi connectivity index (χ2n) is 4.40. The highest BCUT2D eigenvalue weighted by Gasteiger charge is 2.06. The molecule has 0 aliphatic rings. The zero-order chi connectivity index (χ0) is 15.1. The van der Waals surface area contributed by atoms with Crippen LogP contribution in [0, 0.1) is 0 Å². The van der Waals surface area contributed by atoms with Crippen molar-refractivity contribution in [3.05, 3.63) is 64.1 Å². The van der Waals surface area contributed by atoms with Gasteiger partial charge in [0, 0.05) is 24.5 Å². The summed E-state index contributed by atoms with van der Waals surface area (Å²) in [5.41, 5.74) is 0.991. The maximum atomic E-state index is 11.6. The van der Waals surface area contributed by atoms with E-state index in [-0.39, 0.29) is 30.3 Å². The summed E-state index contributed by atoms with van der Waals surface area (Å²) in [6.45, 7) is -0.0929. The van der Waals surface area contributed by atoms with Gasteiger partial charge in [0.1, 0.15) is 0 Å². The summed E-state index contributed by atoms with van der Waals surface area (Å²) >= 11 is 0. The third-order valence-electron chi connectivity index (χ3n) is 2.80. The van der Waals surface area contributed by atoms with E-state index in [1.807, 2.05) is 30.3 Å². The Kier molecular flexibility index (Phi) is 5.11. The van der Waals surface area contributed by atoms with Crippen molar-refractivity contribution in [3.63, 3.8) is 0 Å². The molecule has 0 saturated heterocycles. The fourth-order valence-electron chi connectivity index (χ4n) is 1.70. The van der Waals surface area contributed by atoms with E-state index >= 15 is 0 Å². The van der Waals surface area contributed by atoms with E-state index in [0.717, 1.165) is 5.56 Å². The minimum absolute atomic E-state index is 0.0436. The summed E-state index contributed by atoms with van der Waals surface area (Å²) in [6.07, 6.45) is 1.33. The highest BCUT2D eigenvalue weighted by atomic mass is 16.5. The number of benzene rings is 1. The first-order valence-electron chi connectivity index (χ1n) is 6.45. The summed E-state index contributed by atoms with van der Waals surface area (Å²) < 4.78 is 5.15. The first kappa shape index (κ1) is 14.8. The number of aromatic amines is 1. The molecule has 0 saturated carbocycles. The molecule has 110 valence electrons. The van der Waals surface area contributed by atoms with Crippen molar-refractivity contribution in [2.24, 2.45) is 0 Å². The number of aliphatic hydroxyl groups is 1. The van der Waals surface area contributed by atoms with Gasteiger partial charge >= 0.3 is 0 Å². The molecule has 2 aromatic rings. The summed E-state index contributed by atoms with van der Waals surface area (Å²) in [4.78, 5) is 25.9. The SMILES string of the molecule is O=C(COc1c[nH]c(CO)cc1=O)NCc1ccccc1. The quantitative estimate of drug-likeness (QED) is 0.724. The third-order valence-corrected chi connectivity index (χ3v) is 2.80. The van der Waals surface area contributed by atoms with Crippen LogP contribution in [0.2, 0.25) is 0 Å². The molecule has 1 amide bonds. The highest BCUT2D eigenvalue weighted by Crippen LogP contribution is 2.02.